The summed E-state index contributed by atoms with van der Waals surface area (Å²) in [6.07, 6.45) is 9.70. The predicted molar refractivity (Wildman–Crippen MR) is 57.9 cm³/mol. The lowest BCUT2D eigenvalue weighted by Gasteiger charge is -2.39. The van der Waals surface area contributed by atoms with Gasteiger partial charge in [0.15, 0.2) is 0 Å². The molecule has 4 atom stereocenters. The van der Waals surface area contributed by atoms with Crippen molar-refractivity contribution in [2.75, 3.05) is 0 Å². The Morgan fingerprint density at radius 1 is 0.786 bits per heavy atom. The van der Waals surface area contributed by atoms with E-state index in [0.717, 1.165) is 6.42 Å². The molecule has 0 radical (unpaired) electrons. The quantitative estimate of drug-likeness (QED) is 0.676. The van der Waals surface area contributed by atoms with Crippen molar-refractivity contribution in [1.82, 2.24) is 0 Å². The molecule has 2 rings (SSSR count). The second kappa shape index (κ2) is 4.63. The van der Waals surface area contributed by atoms with E-state index in [2.05, 4.69) is 0 Å². The Morgan fingerprint density at radius 3 is 2.00 bits per heavy atom. The van der Waals surface area contributed by atoms with E-state index in [4.69, 9.17) is 5.73 Å². The Labute approximate surface area is 86.9 Å². The van der Waals surface area contributed by atoms with E-state index < -0.39 is 0 Å². The first-order valence-electron chi connectivity index (χ1n) is 6.22. The van der Waals surface area contributed by atoms with E-state index in [9.17, 15) is 5.11 Å². The van der Waals surface area contributed by atoms with E-state index >= 15 is 0 Å². The molecule has 0 heterocycles. The van der Waals surface area contributed by atoms with E-state index in [1.165, 1.54) is 44.9 Å². The number of rotatable bonds is 1. The highest BCUT2D eigenvalue weighted by Gasteiger charge is 2.34. The molecule has 0 aromatic rings. The Balaban J connectivity index is 1.96. The van der Waals surface area contributed by atoms with Gasteiger partial charge in [-0.2, -0.15) is 0 Å². The summed E-state index contributed by atoms with van der Waals surface area (Å²) in [4.78, 5) is 0. The topological polar surface area (TPSA) is 46.2 Å². The van der Waals surface area contributed by atoms with Gasteiger partial charge in [-0.3, -0.25) is 0 Å². The smallest absolute Gasteiger partial charge is 0.0571 e. The molecule has 2 heteroatoms. The molecule has 82 valence electrons. The zero-order valence-electron chi connectivity index (χ0n) is 8.99. The SMILES string of the molecule is N[C@@H]1CCCC[C@H]1[C@@H]1CCCC[C@@H]1O. The second-order valence-corrected chi connectivity index (χ2v) is 5.13. The van der Waals surface area contributed by atoms with Crippen LogP contribution in [0.15, 0.2) is 0 Å². The van der Waals surface area contributed by atoms with Crippen LogP contribution >= 0.6 is 0 Å². The van der Waals surface area contributed by atoms with Crippen LogP contribution in [0.5, 0.6) is 0 Å². The summed E-state index contributed by atoms with van der Waals surface area (Å²) in [5, 5.41) is 9.98. The highest BCUT2D eigenvalue weighted by atomic mass is 16.3. The minimum Gasteiger partial charge on any atom is -0.393 e. The van der Waals surface area contributed by atoms with E-state index in [1.54, 1.807) is 0 Å². The van der Waals surface area contributed by atoms with Gasteiger partial charge in [0.1, 0.15) is 0 Å². The Kier molecular flexibility index (Phi) is 3.45. The summed E-state index contributed by atoms with van der Waals surface area (Å²) in [5.74, 6) is 1.12. The van der Waals surface area contributed by atoms with E-state index in [-0.39, 0.29) is 6.10 Å². The van der Waals surface area contributed by atoms with Crippen molar-refractivity contribution in [1.29, 1.82) is 0 Å². The molecule has 2 nitrogen and oxygen atoms in total. The lowest BCUT2D eigenvalue weighted by Crippen LogP contribution is -2.43. The highest BCUT2D eigenvalue weighted by molar-refractivity contribution is 4.88. The summed E-state index contributed by atoms with van der Waals surface area (Å²) in [6.45, 7) is 0. The molecule has 0 bridgehead atoms. The number of aliphatic hydroxyl groups is 1. The summed E-state index contributed by atoms with van der Waals surface area (Å²) in [5.41, 5.74) is 6.16. The van der Waals surface area contributed by atoms with Gasteiger partial charge in [-0.25, -0.2) is 0 Å². The normalized spacial score (nSPS) is 45.0. The molecular formula is C12H23NO. The van der Waals surface area contributed by atoms with Crippen molar-refractivity contribution in [2.24, 2.45) is 17.6 Å². The fourth-order valence-electron chi connectivity index (χ4n) is 3.36. The molecule has 0 unspecified atom stereocenters. The van der Waals surface area contributed by atoms with Crippen molar-refractivity contribution in [3.8, 4) is 0 Å². The number of aliphatic hydroxyl groups excluding tert-OH is 1. The molecule has 2 fully saturated rings. The molecule has 3 N–H and O–H groups in total. The lowest BCUT2D eigenvalue weighted by atomic mass is 9.70. The second-order valence-electron chi connectivity index (χ2n) is 5.13. The summed E-state index contributed by atoms with van der Waals surface area (Å²) in [6, 6.07) is 0.362. The third-order valence-corrected chi connectivity index (χ3v) is 4.21. The summed E-state index contributed by atoms with van der Waals surface area (Å²) < 4.78 is 0. The fraction of sp³-hybridized carbons (Fsp3) is 1.00. The minimum absolute atomic E-state index is 0.0575. The van der Waals surface area contributed by atoms with Crippen LogP contribution in [0.3, 0.4) is 0 Å². The largest absolute Gasteiger partial charge is 0.393 e. The van der Waals surface area contributed by atoms with Crippen molar-refractivity contribution < 1.29 is 5.11 Å². The Bertz CT molecular complexity index is 163. The van der Waals surface area contributed by atoms with Crippen LogP contribution in [0.4, 0.5) is 0 Å². The molecule has 14 heavy (non-hydrogen) atoms. The Hall–Kier alpha value is -0.0800. The third-order valence-electron chi connectivity index (χ3n) is 4.21. The predicted octanol–water partition coefficient (Wildman–Crippen LogP) is 2.06. The van der Waals surface area contributed by atoms with Gasteiger partial charge < -0.3 is 10.8 Å². The van der Waals surface area contributed by atoms with Crippen molar-refractivity contribution in [2.45, 2.75) is 63.5 Å². The first-order valence-corrected chi connectivity index (χ1v) is 6.22. The molecule has 0 aromatic carbocycles. The molecule has 0 aliphatic heterocycles. The van der Waals surface area contributed by atoms with Crippen LogP contribution < -0.4 is 5.73 Å². The van der Waals surface area contributed by atoms with Gasteiger partial charge in [0.25, 0.3) is 0 Å². The monoisotopic (exact) mass is 197 g/mol. The molecule has 2 aliphatic rings. The standard InChI is InChI=1S/C12H23NO/c13-11-7-3-1-5-9(11)10-6-2-4-8-12(10)14/h9-12,14H,1-8,13H2/t9-,10-,11+,12-/m0/s1. The van der Waals surface area contributed by atoms with Gasteiger partial charge >= 0.3 is 0 Å². The van der Waals surface area contributed by atoms with Crippen LogP contribution in [0.1, 0.15) is 51.4 Å². The molecule has 0 spiro atoms. The first kappa shape index (κ1) is 10.4. The maximum Gasteiger partial charge on any atom is 0.0571 e. The number of nitrogens with two attached hydrogens (primary N) is 1. The molecule has 0 saturated heterocycles. The number of hydrogen-bond donors (Lipinski definition) is 2. The van der Waals surface area contributed by atoms with Crippen molar-refractivity contribution in [3.05, 3.63) is 0 Å². The van der Waals surface area contributed by atoms with Crippen molar-refractivity contribution in [3.63, 3.8) is 0 Å². The van der Waals surface area contributed by atoms with Crippen molar-refractivity contribution >= 4 is 0 Å². The third kappa shape index (κ3) is 2.12. The molecule has 0 aromatic heterocycles. The van der Waals surface area contributed by atoms with Crippen LogP contribution in [0.2, 0.25) is 0 Å². The fourth-order valence-corrected chi connectivity index (χ4v) is 3.36. The van der Waals surface area contributed by atoms with Gasteiger partial charge in [0, 0.05) is 6.04 Å². The van der Waals surface area contributed by atoms with Gasteiger partial charge in [-0.15, -0.1) is 0 Å². The van der Waals surface area contributed by atoms with E-state index in [0.29, 0.717) is 17.9 Å². The zero-order chi connectivity index (χ0) is 9.97. The highest BCUT2D eigenvalue weighted by Crippen LogP contribution is 2.37. The minimum atomic E-state index is -0.0575. The molecule has 2 saturated carbocycles. The van der Waals surface area contributed by atoms with E-state index in [1.807, 2.05) is 0 Å². The van der Waals surface area contributed by atoms with Gasteiger partial charge in [-0.1, -0.05) is 25.7 Å². The van der Waals surface area contributed by atoms with Gasteiger partial charge in [-0.05, 0) is 37.5 Å². The van der Waals surface area contributed by atoms with Crippen LogP contribution in [-0.2, 0) is 0 Å². The van der Waals surface area contributed by atoms with Crippen LogP contribution in [-0.4, -0.2) is 17.3 Å². The van der Waals surface area contributed by atoms with Gasteiger partial charge in [0.05, 0.1) is 6.10 Å². The average Bonchev–Trinajstić information content (AvgIpc) is 2.20. The lowest BCUT2D eigenvalue weighted by molar-refractivity contribution is 0.0192. The van der Waals surface area contributed by atoms with Gasteiger partial charge in [0.2, 0.25) is 0 Å². The molecule has 0 amide bonds. The maximum absolute atomic E-state index is 9.98. The van der Waals surface area contributed by atoms with Crippen LogP contribution in [0.25, 0.3) is 0 Å². The molecule has 2 aliphatic carbocycles. The summed E-state index contributed by atoms with van der Waals surface area (Å²) >= 11 is 0. The average molecular weight is 197 g/mol. The summed E-state index contributed by atoms with van der Waals surface area (Å²) in [7, 11) is 0. The Morgan fingerprint density at radius 2 is 1.36 bits per heavy atom. The molecular weight excluding hydrogens is 174 g/mol. The first-order chi connectivity index (χ1) is 6.79. The van der Waals surface area contributed by atoms with Crippen LogP contribution in [0, 0.1) is 11.8 Å². The number of hydrogen-bond acceptors (Lipinski definition) is 2. The maximum atomic E-state index is 9.98. The zero-order valence-corrected chi connectivity index (χ0v) is 8.99.